The number of pyridine rings is 1. The van der Waals surface area contributed by atoms with Crippen molar-refractivity contribution in [2.45, 2.75) is 56.9 Å². The maximum Gasteiger partial charge on any atom is 0.251 e. The van der Waals surface area contributed by atoms with Crippen LogP contribution in [0.2, 0.25) is 0 Å². The number of hydrogen-bond acceptors (Lipinski definition) is 4. The van der Waals surface area contributed by atoms with E-state index in [1.807, 2.05) is 24.3 Å². The fraction of sp³-hybridized carbons (Fsp3) is 0.333. The zero-order valence-corrected chi connectivity index (χ0v) is 18.2. The topological polar surface area (TPSA) is 82.5 Å². The van der Waals surface area contributed by atoms with Gasteiger partial charge >= 0.3 is 0 Å². The molecule has 166 valence electrons. The van der Waals surface area contributed by atoms with Gasteiger partial charge in [0.1, 0.15) is 11.5 Å². The van der Waals surface area contributed by atoms with Crippen LogP contribution in [0.1, 0.15) is 77.9 Å². The third kappa shape index (κ3) is 5.28. The van der Waals surface area contributed by atoms with E-state index < -0.39 is 0 Å². The fourth-order valence-corrected chi connectivity index (χ4v) is 4.59. The molecule has 0 radical (unpaired) electrons. The van der Waals surface area contributed by atoms with E-state index in [9.17, 15) is 15.0 Å². The molecular formula is C27H30N2O3. The highest BCUT2D eigenvalue weighted by atomic mass is 16.3. The Morgan fingerprint density at radius 2 is 1.34 bits per heavy atom. The number of nitrogens with one attached hydrogen (secondary N) is 1. The van der Waals surface area contributed by atoms with E-state index >= 15 is 0 Å². The molecule has 3 aromatic rings. The van der Waals surface area contributed by atoms with Crippen LogP contribution in [0, 0.1) is 0 Å². The lowest BCUT2D eigenvalue weighted by atomic mass is 9.83. The van der Waals surface area contributed by atoms with Crippen LogP contribution < -0.4 is 5.32 Å². The van der Waals surface area contributed by atoms with Crippen molar-refractivity contribution in [3.05, 3.63) is 89.2 Å². The Balaban J connectivity index is 1.69. The fourth-order valence-electron chi connectivity index (χ4n) is 4.59. The quantitative estimate of drug-likeness (QED) is 0.498. The van der Waals surface area contributed by atoms with Crippen LogP contribution >= 0.6 is 0 Å². The summed E-state index contributed by atoms with van der Waals surface area (Å²) in [5.74, 6) is 0.0387. The lowest BCUT2D eigenvalue weighted by Crippen LogP contribution is -2.36. The molecule has 4 rings (SSSR count). The van der Waals surface area contributed by atoms with Crippen LogP contribution in [0.5, 0.6) is 11.5 Å². The van der Waals surface area contributed by atoms with Gasteiger partial charge in [0.2, 0.25) is 0 Å². The highest BCUT2D eigenvalue weighted by Crippen LogP contribution is 2.35. The van der Waals surface area contributed by atoms with Crippen LogP contribution in [0.25, 0.3) is 0 Å². The van der Waals surface area contributed by atoms with Gasteiger partial charge in [0.15, 0.2) is 0 Å². The third-order valence-corrected chi connectivity index (χ3v) is 6.30. The summed E-state index contributed by atoms with van der Waals surface area (Å²) in [6, 6.07) is 16.0. The molecule has 0 saturated heterocycles. The number of carbonyl (C=O) groups is 1. The zero-order chi connectivity index (χ0) is 22.3. The molecule has 1 saturated carbocycles. The van der Waals surface area contributed by atoms with Crippen molar-refractivity contribution in [3.63, 3.8) is 0 Å². The van der Waals surface area contributed by atoms with Crippen molar-refractivity contribution in [2.75, 3.05) is 0 Å². The monoisotopic (exact) mass is 430 g/mol. The van der Waals surface area contributed by atoms with Crippen LogP contribution in [-0.4, -0.2) is 27.1 Å². The first-order valence-corrected chi connectivity index (χ1v) is 11.4. The van der Waals surface area contributed by atoms with Crippen molar-refractivity contribution < 1.29 is 15.0 Å². The average molecular weight is 431 g/mol. The summed E-state index contributed by atoms with van der Waals surface area (Å²) < 4.78 is 0. The molecule has 2 aromatic carbocycles. The summed E-state index contributed by atoms with van der Waals surface area (Å²) in [4.78, 5) is 17.7. The molecule has 0 aliphatic heterocycles. The van der Waals surface area contributed by atoms with Crippen LogP contribution in [0.15, 0.2) is 67.0 Å². The molecule has 5 nitrogen and oxygen atoms in total. The second-order valence-corrected chi connectivity index (χ2v) is 8.59. The van der Waals surface area contributed by atoms with E-state index in [-0.39, 0.29) is 29.4 Å². The van der Waals surface area contributed by atoms with Gasteiger partial charge < -0.3 is 15.5 Å². The van der Waals surface area contributed by atoms with E-state index in [2.05, 4.69) is 10.3 Å². The molecule has 1 amide bonds. The number of amides is 1. The molecule has 32 heavy (non-hydrogen) atoms. The number of carbonyl (C=O) groups excluding carboxylic acids is 1. The zero-order valence-electron chi connectivity index (χ0n) is 18.2. The van der Waals surface area contributed by atoms with E-state index in [1.165, 1.54) is 19.3 Å². The van der Waals surface area contributed by atoms with Gasteiger partial charge in [-0.15, -0.1) is 0 Å². The van der Waals surface area contributed by atoms with Gasteiger partial charge in [0.25, 0.3) is 5.91 Å². The normalized spacial score (nSPS) is 15.2. The summed E-state index contributed by atoms with van der Waals surface area (Å²) in [5, 5.41) is 22.8. The van der Waals surface area contributed by atoms with Crippen LogP contribution in [0.3, 0.4) is 0 Å². The van der Waals surface area contributed by atoms with Gasteiger partial charge in [-0.3, -0.25) is 9.78 Å². The number of nitrogens with zero attached hydrogens (tertiary/aromatic N) is 1. The smallest absolute Gasteiger partial charge is 0.251 e. The molecule has 1 heterocycles. The molecule has 5 heteroatoms. The molecule has 0 unspecified atom stereocenters. The van der Waals surface area contributed by atoms with Crippen molar-refractivity contribution in [1.29, 1.82) is 0 Å². The van der Waals surface area contributed by atoms with E-state index in [4.69, 9.17) is 0 Å². The van der Waals surface area contributed by atoms with Gasteiger partial charge in [-0.2, -0.15) is 0 Å². The van der Waals surface area contributed by atoms with E-state index in [1.54, 1.807) is 42.7 Å². The molecule has 0 atom stereocenters. The summed E-state index contributed by atoms with van der Waals surface area (Å²) in [5.41, 5.74) is 3.27. The molecule has 3 N–H and O–H groups in total. The van der Waals surface area contributed by atoms with Gasteiger partial charge in [0.05, 0.1) is 0 Å². The Kier molecular flexibility index (Phi) is 7.05. The largest absolute Gasteiger partial charge is 0.508 e. The predicted octanol–water partition coefficient (Wildman–Crippen LogP) is 5.52. The summed E-state index contributed by atoms with van der Waals surface area (Å²) in [6.07, 6.45) is 11.5. The van der Waals surface area contributed by atoms with Gasteiger partial charge in [0, 0.05) is 29.9 Å². The van der Waals surface area contributed by atoms with Gasteiger partial charge in [-0.05, 0) is 59.9 Å². The average Bonchev–Trinajstić information content (AvgIpc) is 2.78. The molecule has 1 fully saturated rings. The number of aromatic hydroxyl groups is 2. The Hall–Kier alpha value is -3.34. The van der Waals surface area contributed by atoms with Gasteiger partial charge in [-0.25, -0.2) is 0 Å². The number of benzene rings is 2. The lowest BCUT2D eigenvalue weighted by molar-refractivity contribution is 0.0929. The van der Waals surface area contributed by atoms with Gasteiger partial charge in [-0.1, -0.05) is 56.4 Å². The maximum absolute atomic E-state index is 13.4. The summed E-state index contributed by atoms with van der Waals surface area (Å²) in [6.45, 7) is 0. The molecule has 1 aromatic heterocycles. The Morgan fingerprint density at radius 3 is 1.91 bits per heavy atom. The molecule has 1 aliphatic rings. The molecule has 0 spiro atoms. The number of hydrogen-bond donors (Lipinski definition) is 3. The third-order valence-electron chi connectivity index (χ3n) is 6.30. The van der Waals surface area contributed by atoms with Crippen molar-refractivity contribution in [1.82, 2.24) is 10.3 Å². The molecule has 0 bridgehead atoms. The Bertz CT molecular complexity index is 978. The van der Waals surface area contributed by atoms with Crippen molar-refractivity contribution in [3.8, 4) is 11.5 Å². The van der Waals surface area contributed by atoms with E-state index in [0.717, 1.165) is 42.4 Å². The molecule has 1 aliphatic carbocycles. The second-order valence-electron chi connectivity index (χ2n) is 8.59. The number of rotatable bonds is 5. The highest BCUT2D eigenvalue weighted by molar-refractivity contribution is 5.96. The minimum absolute atomic E-state index is 0.0736. The maximum atomic E-state index is 13.4. The second kappa shape index (κ2) is 10.3. The number of phenols is 2. The minimum Gasteiger partial charge on any atom is -0.508 e. The van der Waals surface area contributed by atoms with Crippen LogP contribution in [-0.2, 0) is 0 Å². The Labute approximate surface area is 189 Å². The van der Waals surface area contributed by atoms with Crippen molar-refractivity contribution >= 4 is 5.91 Å². The first kappa shape index (κ1) is 21.9. The van der Waals surface area contributed by atoms with Crippen molar-refractivity contribution in [2.24, 2.45) is 0 Å². The minimum atomic E-state index is -0.261. The molecular weight excluding hydrogens is 400 g/mol. The predicted molar refractivity (Wildman–Crippen MR) is 125 cm³/mol. The SMILES string of the molecule is O=C(NC1CCCCCCC1)c1ccncc1C(c1ccc(O)cc1)c1ccc(O)cc1. The number of aromatic nitrogens is 1. The van der Waals surface area contributed by atoms with E-state index in [0.29, 0.717) is 5.56 Å². The lowest BCUT2D eigenvalue weighted by Gasteiger charge is -2.24. The highest BCUT2D eigenvalue weighted by Gasteiger charge is 2.24. The standard InChI is InChI=1S/C27H30N2O3/c30-22-12-8-19(9-13-22)26(20-10-14-23(31)15-11-20)25-18-28-17-16-24(25)27(32)29-21-6-4-2-1-3-5-7-21/h8-18,21,26,30-31H,1-7H2,(H,29,32). The first-order chi connectivity index (χ1) is 15.6. The Morgan fingerprint density at radius 1 is 0.812 bits per heavy atom. The first-order valence-electron chi connectivity index (χ1n) is 11.4. The van der Waals surface area contributed by atoms with Crippen LogP contribution in [0.4, 0.5) is 0 Å². The summed E-state index contributed by atoms with van der Waals surface area (Å²) in [7, 11) is 0. The summed E-state index contributed by atoms with van der Waals surface area (Å²) >= 11 is 0. The number of phenolic OH excluding ortho intramolecular Hbond substituents is 2.